The lowest BCUT2D eigenvalue weighted by Crippen LogP contribution is -2.61. The highest BCUT2D eigenvalue weighted by atomic mass is 16.5. The predicted molar refractivity (Wildman–Crippen MR) is 111 cm³/mol. The van der Waals surface area contributed by atoms with E-state index in [9.17, 15) is 14.4 Å². The van der Waals surface area contributed by atoms with Crippen molar-refractivity contribution in [1.82, 2.24) is 15.1 Å². The first-order valence-corrected chi connectivity index (χ1v) is 11.1. The van der Waals surface area contributed by atoms with E-state index in [-0.39, 0.29) is 36.3 Å². The molecule has 2 amide bonds. The molecule has 1 aliphatic carbocycles. The molecular weight excluding hydrogens is 382 g/mol. The number of nitrogens with zero attached hydrogens (tertiary/aromatic N) is 2. The number of amides is 2. The van der Waals surface area contributed by atoms with Crippen molar-refractivity contribution in [3.05, 3.63) is 35.9 Å². The largest absolute Gasteiger partial charge is 0.465 e. The van der Waals surface area contributed by atoms with Gasteiger partial charge in [0, 0.05) is 31.8 Å². The minimum Gasteiger partial charge on any atom is -0.465 e. The molecule has 2 saturated heterocycles. The van der Waals surface area contributed by atoms with Gasteiger partial charge in [-0.2, -0.15) is 0 Å². The second-order valence-corrected chi connectivity index (χ2v) is 8.60. The van der Waals surface area contributed by atoms with Gasteiger partial charge in [-0.15, -0.1) is 0 Å². The van der Waals surface area contributed by atoms with Gasteiger partial charge in [0.15, 0.2) is 0 Å². The molecule has 0 radical (unpaired) electrons. The first-order chi connectivity index (χ1) is 14.5. The molecule has 30 heavy (non-hydrogen) atoms. The van der Waals surface area contributed by atoms with Gasteiger partial charge in [-0.05, 0) is 31.7 Å². The summed E-state index contributed by atoms with van der Waals surface area (Å²) < 4.78 is 5.13. The van der Waals surface area contributed by atoms with Crippen LogP contribution in [0.1, 0.15) is 44.6 Å². The van der Waals surface area contributed by atoms with Crippen LogP contribution in [0, 0.1) is 5.92 Å². The summed E-state index contributed by atoms with van der Waals surface area (Å²) in [4.78, 5) is 41.8. The van der Waals surface area contributed by atoms with Crippen molar-refractivity contribution in [1.29, 1.82) is 0 Å². The summed E-state index contributed by atoms with van der Waals surface area (Å²) in [5, 5.41) is 3.55. The van der Waals surface area contributed by atoms with Crippen molar-refractivity contribution in [3.63, 3.8) is 0 Å². The van der Waals surface area contributed by atoms with Crippen molar-refractivity contribution < 1.29 is 19.1 Å². The average Bonchev–Trinajstić information content (AvgIpc) is 2.93. The minimum atomic E-state index is -0.598. The number of carbonyl (C=O) groups excluding carboxylic acids is 3. The molecular formula is C23H31N3O4. The zero-order valence-electron chi connectivity index (χ0n) is 17.6. The van der Waals surface area contributed by atoms with Gasteiger partial charge in [-0.3, -0.25) is 19.7 Å². The minimum absolute atomic E-state index is 0.0540. The van der Waals surface area contributed by atoms with Gasteiger partial charge in [0.1, 0.15) is 6.54 Å². The zero-order chi connectivity index (χ0) is 21.1. The van der Waals surface area contributed by atoms with Crippen LogP contribution in [0.25, 0.3) is 0 Å². The zero-order valence-corrected chi connectivity index (χ0v) is 17.6. The van der Waals surface area contributed by atoms with Crippen LogP contribution in [0.15, 0.2) is 30.3 Å². The Bertz CT molecular complexity index is 785. The highest BCUT2D eigenvalue weighted by molar-refractivity contribution is 5.89. The lowest BCUT2D eigenvalue weighted by Gasteiger charge is -2.45. The lowest BCUT2D eigenvalue weighted by atomic mass is 9.83. The van der Waals surface area contributed by atoms with Crippen LogP contribution >= 0.6 is 0 Å². The molecule has 1 saturated carbocycles. The number of nitrogens with one attached hydrogen (secondary N) is 1. The highest BCUT2D eigenvalue weighted by Crippen LogP contribution is 2.35. The normalized spacial score (nSPS) is 23.5. The first-order valence-electron chi connectivity index (χ1n) is 11.1. The van der Waals surface area contributed by atoms with Gasteiger partial charge in [0.2, 0.25) is 11.8 Å². The fourth-order valence-corrected chi connectivity index (χ4v) is 4.84. The van der Waals surface area contributed by atoms with E-state index in [4.69, 9.17) is 4.74 Å². The van der Waals surface area contributed by atoms with Crippen molar-refractivity contribution in [3.8, 4) is 0 Å². The molecule has 0 bridgehead atoms. The molecule has 1 spiro atoms. The topological polar surface area (TPSA) is 79.0 Å². The average molecular weight is 414 g/mol. The summed E-state index contributed by atoms with van der Waals surface area (Å²) in [6.45, 7) is 3.21. The SMILES string of the molecule is CCOC(=O)CN1C(=O)C(Cc2ccccc2)NC12CCN(C(=O)C1CCC1)CC2. The molecule has 2 heterocycles. The fraction of sp³-hybridized carbons (Fsp3) is 0.609. The molecule has 1 aromatic carbocycles. The molecule has 3 fully saturated rings. The van der Waals surface area contributed by atoms with E-state index in [0.29, 0.717) is 39.0 Å². The maximum Gasteiger partial charge on any atom is 0.325 e. The Morgan fingerprint density at radius 2 is 1.87 bits per heavy atom. The van der Waals surface area contributed by atoms with E-state index in [0.717, 1.165) is 24.8 Å². The van der Waals surface area contributed by atoms with Crippen molar-refractivity contribution >= 4 is 17.8 Å². The van der Waals surface area contributed by atoms with Crippen molar-refractivity contribution in [2.24, 2.45) is 5.92 Å². The standard InChI is InChI=1S/C23H31N3O4/c1-2-30-20(27)16-26-22(29)19(15-17-7-4-3-5-8-17)24-23(26)11-13-25(14-12-23)21(28)18-9-6-10-18/h3-5,7-8,18-19,24H,2,6,9-16H2,1H3. The van der Waals surface area contributed by atoms with Gasteiger partial charge in [0.25, 0.3) is 0 Å². The number of rotatable bonds is 6. The second kappa shape index (κ2) is 8.76. The first kappa shape index (κ1) is 20.8. The third-order valence-corrected chi connectivity index (χ3v) is 6.76. The van der Waals surface area contributed by atoms with Crippen LogP contribution in [0.2, 0.25) is 0 Å². The van der Waals surface area contributed by atoms with Gasteiger partial charge in [-0.1, -0.05) is 36.8 Å². The predicted octanol–water partition coefficient (Wildman–Crippen LogP) is 1.71. The van der Waals surface area contributed by atoms with E-state index >= 15 is 0 Å². The van der Waals surface area contributed by atoms with E-state index < -0.39 is 5.66 Å². The molecule has 4 rings (SSSR count). The summed E-state index contributed by atoms with van der Waals surface area (Å²) in [5.74, 6) is -0.0251. The molecule has 1 unspecified atom stereocenters. The summed E-state index contributed by atoms with van der Waals surface area (Å²) in [5.41, 5.74) is 0.480. The molecule has 7 nitrogen and oxygen atoms in total. The molecule has 1 atom stereocenters. The van der Waals surface area contributed by atoms with E-state index in [1.165, 1.54) is 0 Å². The summed E-state index contributed by atoms with van der Waals surface area (Å²) in [6, 6.07) is 9.52. The number of hydrogen-bond acceptors (Lipinski definition) is 5. The molecule has 7 heteroatoms. The molecule has 1 N–H and O–H groups in total. The van der Waals surface area contributed by atoms with Gasteiger partial charge < -0.3 is 14.5 Å². The monoisotopic (exact) mass is 413 g/mol. The third kappa shape index (κ3) is 4.08. The number of piperidine rings is 1. The fourth-order valence-electron chi connectivity index (χ4n) is 4.84. The number of hydrogen-bond donors (Lipinski definition) is 1. The van der Waals surface area contributed by atoms with E-state index in [2.05, 4.69) is 5.32 Å². The van der Waals surface area contributed by atoms with E-state index in [1.807, 2.05) is 35.2 Å². The number of benzene rings is 1. The van der Waals surface area contributed by atoms with Crippen LogP contribution in [-0.4, -0.2) is 65.5 Å². The molecule has 3 aliphatic rings. The Labute approximate surface area is 177 Å². The Morgan fingerprint density at radius 1 is 1.17 bits per heavy atom. The Kier molecular flexibility index (Phi) is 6.09. The Hall–Kier alpha value is -2.41. The number of ether oxygens (including phenoxy) is 1. The van der Waals surface area contributed by atoms with E-state index in [1.54, 1.807) is 11.8 Å². The van der Waals surface area contributed by atoms with Crippen molar-refractivity contribution in [2.75, 3.05) is 26.2 Å². The summed E-state index contributed by atoms with van der Waals surface area (Å²) >= 11 is 0. The van der Waals surface area contributed by atoms with Gasteiger partial charge >= 0.3 is 5.97 Å². The van der Waals surface area contributed by atoms with Gasteiger partial charge in [-0.25, -0.2) is 0 Å². The van der Waals surface area contributed by atoms with Crippen LogP contribution in [0.3, 0.4) is 0 Å². The Balaban J connectivity index is 1.49. The number of esters is 1. The quantitative estimate of drug-likeness (QED) is 0.719. The van der Waals surface area contributed by atoms with Crippen LogP contribution in [-0.2, 0) is 25.5 Å². The van der Waals surface area contributed by atoms with Crippen LogP contribution in [0.4, 0.5) is 0 Å². The van der Waals surface area contributed by atoms with Crippen LogP contribution in [0.5, 0.6) is 0 Å². The lowest BCUT2D eigenvalue weighted by molar-refractivity contribution is -0.153. The third-order valence-electron chi connectivity index (χ3n) is 6.76. The molecule has 2 aliphatic heterocycles. The molecule has 162 valence electrons. The maximum absolute atomic E-state index is 13.3. The molecule has 1 aromatic rings. The summed E-state index contributed by atoms with van der Waals surface area (Å²) in [6.07, 6.45) is 4.95. The maximum atomic E-state index is 13.3. The highest BCUT2D eigenvalue weighted by Gasteiger charge is 2.52. The Morgan fingerprint density at radius 3 is 2.47 bits per heavy atom. The number of likely N-dealkylation sites (tertiary alicyclic amines) is 1. The smallest absolute Gasteiger partial charge is 0.325 e. The van der Waals surface area contributed by atoms with Crippen molar-refractivity contribution in [2.45, 2.75) is 57.2 Å². The second-order valence-electron chi connectivity index (χ2n) is 8.60. The molecule has 0 aromatic heterocycles. The summed E-state index contributed by atoms with van der Waals surface area (Å²) in [7, 11) is 0. The van der Waals surface area contributed by atoms with Crippen LogP contribution < -0.4 is 5.32 Å². The van der Waals surface area contributed by atoms with Gasteiger partial charge in [0.05, 0.1) is 18.3 Å². The number of carbonyl (C=O) groups is 3.